The highest BCUT2D eigenvalue weighted by Crippen LogP contribution is 2.36. The summed E-state index contributed by atoms with van der Waals surface area (Å²) in [5, 5.41) is 0. The smallest absolute Gasteiger partial charge is 0.494 e. The number of likely N-dealkylation sites (N-methyl/N-ethyl adjacent to an activating group) is 1. The van der Waals surface area contributed by atoms with E-state index in [4.69, 9.17) is 14.0 Å². The molecule has 0 bridgehead atoms. The molecule has 0 aliphatic carbocycles. The standard InChI is InChI=1S/C20H33BN2O3/c1-19(2)20(3,4)26-21(25-19)17-8-6-9-18(16-17)24-15-7-10-23-13-11-22(5)12-14-23/h6,8-9,16H,7,10-15H2,1-5H3. The van der Waals surface area contributed by atoms with Gasteiger partial charge >= 0.3 is 7.12 Å². The fourth-order valence-electron chi connectivity index (χ4n) is 3.28. The Bertz CT molecular complexity index is 584. The average Bonchev–Trinajstić information content (AvgIpc) is 2.81. The molecule has 2 saturated heterocycles. The SMILES string of the molecule is CN1CCN(CCCOc2cccc(B3OC(C)(C)C(C)(C)O3)c2)CC1. The molecule has 144 valence electrons. The summed E-state index contributed by atoms with van der Waals surface area (Å²) in [4.78, 5) is 4.90. The zero-order valence-corrected chi connectivity index (χ0v) is 17.0. The molecule has 2 fully saturated rings. The van der Waals surface area contributed by atoms with Crippen molar-refractivity contribution in [1.29, 1.82) is 0 Å². The van der Waals surface area contributed by atoms with Gasteiger partial charge in [0.05, 0.1) is 17.8 Å². The molecule has 3 rings (SSSR count). The highest BCUT2D eigenvalue weighted by Gasteiger charge is 2.51. The predicted octanol–water partition coefficient (Wildman–Crippen LogP) is 2.00. The van der Waals surface area contributed by atoms with E-state index in [0.717, 1.165) is 57.0 Å². The Hall–Kier alpha value is -1.08. The van der Waals surface area contributed by atoms with Gasteiger partial charge in [-0.05, 0) is 58.8 Å². The lowest BCUT2D eigenvalue weighted by molar-refractivity contribution is 0.00578. The van der Waals surface area contributed by atoms with Crippen LogP contribution in [0.25, 0.3) is 0 Å². The molecular weight excluding hydrogens is 327 g/mol. The lowest BCUT2D eigenvalue weighted by Crippen LogP contribution is -2.44. The van der Waals surface area contributed by atoms with Gasteiger partial charge in [0, 0.05) is 32.7 Å². The zero-order chi connectivity index (χ0) is 18.8. The molecule has 2 aliphatic rings. The molecule has 0 unspecified atom stereocenters. The van der Waals surface area contributed by atoms with Crippen molar-refractivity contribution < 1.29 is 14.0 Å². The van der Waals surface area contributed by atoms with Crippen molar-refractivity contribution >= 4 is 12.6 Å². The first-order valence-electron chi connectivity index (χ1n) is 9.76. The van der Waals surface area contributed by atoms with Crippen LogP contribution in [0, 0.1) is 0 Å². The van der Waals surface area contributed by atoms with E-state index < -0.39 is 0 Å². The lowest BCUT2D eigenvalue weighted by Gasteiger charge is -2.32. The molecule has 2 aliphatic heterocycles. The minimum Gasteiger partial charge on any atom is -0.494 e. The molecule has 0 N–H and O–H groups in total. The summed E-state index contributed by atoms with van der Waals surface area (Å²) in [7, 11) is 1.85. The summed E-state index contributed by atoms with van der Waals surface area (Å²) in [5.74, 6) is 0.885. The van der Waals surface area contributed by atoms with E-state index in [0.29, 0.717) is 0 Å². The first kappa shape index (κ1) is 19.7. The van der Waals surface area contributed by atoms with Crippen LogP contribution in [0.3, 0.4) is 0 Å². The third-order valence-electron chi connectivity index (χ3n) is 5.87. The number of piperazine rings is 1. The summed E-state index contributed by atoms with van der Waals surface area (Å²) in [6.45, 7) is 14.8. The van der Waals surface area contributed by atoms with E-state index in [1.54, 1.807) is 0 Å². The van der Waals surface area contributed by atoms with E-state index in [1.165, 1.54) is 0 Å². The van der Waals surface area contributed by atoms with Crippen molar-refractivity contribution in [2.75, 3.05) is 46.4 Å². The Morgan fingerprint density at radius 1 is 1.04 bits per heavy atom. The van der Waals surface area contributed by atoms with Gasteiger partial charge in [0.15, 0.2) is 0 Å². The molecule has 0 saturated carbocycles. The van der Waals surface area contributed by atoms with Crippen LogP contribution in [0.2, 0.25) is 0 Å². The van der Waals surface area contributed by atoms with Crippen molar-refractivity contribution in [3.63, 3.8) is 0 Å². The van der Waals surface area contributed by atoms with Gasteiger partial charge < -0.3 is 23.8 Å². The number of nitrogens with zero attached hydrogens (tertiary/aromatic N) is 2. The van der Waals surface area contributed by atoms with Crippen molar-refractivity contribution in [2.24, 2.45) is 0 Å². The Labute approximate surface area is 158 Å². The molecule has 2 heterocycles. The van der Waals surface area contributed by atoms with Gasteiger partial charge in [0.2, 0.25) is 0 Å². The molecule has 6 heteroatoms. The van der Waals surface area contributed by atoms with Gasteiger partial charge in [0.25, 0.3) is 0 Å². The first-order valence-corrected chi connectivity index (χ1v) is 9.76. The van der Waals surface area contributed by atoms with E-state index in [-0.39, 0.29) is 18.3 Å². The zero-order valence-electron chi connectivity index (χ0n) is 17.0. The average molecular weight is 360 g/mol. The second kappa shape index (κ2) is 7.89. The highest BCUT2D eigenvalue weighted by molar-refractivity contribution is 6.62. The fraction of sp³-hybridized carbons (Fsp3) is 0.700. The number of benzene rings is 1. The third-order valence-corrected chi connectivity index (χ3v) is 5.87. The topological polar surface area (TPSA) is 34.2 Å². The van der Waals surface area contributed by atoms with Gasteiger partial charge in [-0.1, -0.05) is 12.1 Å². The van der Waals surface area contributed by atoms with Crippen LogP contribution in [0.15, 0.2) is 24.3 Å². The fourth-order valence-corrected chi connectivity index (χ4v) is 3.28. The van der Waals surface area contributed by atoms with Crippen molar-refractivity contribution in [2.45, 2.75) is 45.3 Å². The Morgan fingerprint density at radius 2 is 1.69 bits per heavy atom. The lowest BCUT2D eigenvalue weighted by atomic mass is 9.79. The van der Waals surface area contributed by atoms with E-state index in [9.17, 15) is 0 Å². The van der Waals surface area contributed by atoms with Crippen molar-refractivity contribution in [1.82, 2.24) is 9.80 Å². The molecule has 0 spiro atoms. The Kier molecular flexibility index (Phi) is 5.97. The first-order chi connectivity index (χ1) is 12.3. The van der Waals surface area contributed by atoms with Crippen LogP contribution in [0.1, 0.15) is 34.1 Å². The molecule has 0 amide bonds. The molecule has 5 nitrogen and oxygen atoms in total. The molecular formula is C20H33BN2O3. The molecule has 0 atom stereocenters. The number of hydrogen-bond donors (Lipinski definition) is 0. The summed E-state index contributed by atoms with van der Waals surface area (Å²) < 4.78 is 18.2. The van der Waals surface area contributed by atoms with Crippen LogP contribution >= 0.6 is 0 Å². The predicted molar refractivity (Wildman–Crippen MR) is 106 cm³/mol. The quantitative estimate of drug-likeness (QED) is 0.573. The molecule has 26 heavy (non-hydrogen) atoms. The number of rotatable bonds is 6. The molecule has 0 radical (unpaired) electrons. The van der Waals surface area contributed by atoms with Crippen LogP contribution in [-0.2, 0) is 9.31 Å². The second-order valence-corrected chi connectivity index (χ2v) is 8.51. The maximum absolute atomic E-state index is 6.13. The van der Waals surface area contributed by atoms with Gasteiger partial charge in [-0.2, -0.15) is 0 Å². The summed E-state index contributed by atoms with van der Waals surface area (Å²) in [6.07, 6.45) is 1.05. The van der Waals surface area contributed by atoms with Crippen LogP contribution < -0.4 is 10.2 Å². The van der Waals surface area contributed by atoms with Crippen LogP contribution in [0.4, 0.5) is 0 Å². The summed E-state index contributed by atoms with van der Waals surface area (Å²) >= 11 is 0. The third kappa shape index (κ3) is 4.60. The summed E-state index contributed by atoms with van der Waals surface area (Å²) in [6, 6.07) is 8.10. The Balaban J connectivity index is 1.47. The minimum atomic E-state index is -0.339. The number of hydrogen-bond acceptors (Lipinski definition) is 5. The maximum atomic E-state index is 6.13. The van der Waals surface area contributed by atoms with Crippen LogP contribution in [0.5, 0.6) is 5.75 Å². The monoisotopic (exact) mass is 360 g/mol. The van der Waals surface area contributed by atoms with Crippen LogP contribution in [-0.4, -0.2) is 74.5 Å². The number of ether oxygens (including phenoxy) is 1. The minimum absolute atomic E-state index is 0.322. The summed E-state index contributed by atoms with van der Waals surface area (Å²) in [5.41, 5.74) is 0.369. The van der Waals surface area contributed by atoms with E-state index >= 15 is 0 Å². The van der Waals surface area contributed by atoms with Gasteiger partial charge in [-0.25, -0.2) is 0 Å². The van der Waals surface area contributed by atoms with Gasteiger partial charge in [-0.15, -0.1) is 0 Å². The molecule has 1 aromatic carbocycles. The molecule has 0 aromatic heterocycles. The maximum Gasteiger partial charge on any atom is 0.494 e. The Morgan fingerprint density at radius 3 is 2.35 bits per heavy atom. The largest absolute Gasteiger partial charge is 0.494 e. The highest BCUT2D eigenvalue weighted by atomic mass is 16.7. The van der Waals surface area contributed by atoms with Crippen molar-refractivity contribution in [3.05, 3.63) is 24.3 Å². The van der Waals surface area contributed by atoms with Gasteiger partial charge in [-0.3, -0.25) is 0 Å². The molecule has 1 aromatic rings. The van der Waals surface area contributed by atoms with E-state index in [2.05, 4.69) is 44.5 Å². The van der Waals surface area contributed by atoms with Crippen molar-refractivity contribution in [3.8, 4) is 5.75 Å². The normalized spacial score (nSPS) is 23.3. The second-order valence-electron chi connectivity index (χ2n) is 8.51. The van der Waals surface area contributed by atoms with E-state index in [1.807, 2.05) is 24.3 Å². The van der Waals surface area contributed by atoms with Gasteiger partial charge in [0.1, 0.15) is 5.75 Å².